The van der Waals surface area contributed by atoms with Crippen molar-refractivity contribution in [3.8, 4) is 0 Å². The van der Waals surface area contributed by atoms with Crippen molar-refractivity contribution in [2.24, 2.45) is 29.1 Å². The Labute approximate surface area is 129 Å². The van der Waals surface area contributed by atoms with E-state index >= 15 is 0 Å². The molecule has 1 atom stereocenters. The van der Waals surface area contributed by atoms with Gasteiger partial charge < -0.3 is 4.74 Å². The zero-order valence-electron chi connectivity index (χ0n) is 13.7. The van der Waals surface area contributed by atoms with Gasteiger partial charge in [-0.1, -0.05) is 19.9 Å². The molecule has 0 radical (unpaired) electrons. The van der Waals surface area contributed by atoms with Crippen molar-refractivity contribution in [3.63, 3.8) is 0 Å². The highest BCUT2D eigenvalue weighted by atomic mass is 16.5. The second-order valence-electron chi connectivity index (χ2n) is 8.00. The Bertz CT molecular complexity index is 388. The summed E-state index contributed by atoms with van der Waals surface area (Å²) in [5.41, 5.74) is 0.602. The number of hydrogen-bond acceptors (Lipinski definition) is 2. The van der Waals surface area contributed by atoms with E-state index in [1.165, 1.54) is 51.9 Å². The Balaban J connectivity index is 1.61. The molecule has 4 rings (SSSR count). The van der Waals surface area contributed by atoms with Crippen molar-refractivity contribution in [1.29, 1.82) is 0 Å². The van der Waals surface area contributed by atoms with Crippen LogP contribution in [-0.2, 0) is 9.53 Å². The molecule has 0 saturated heterocycles. The maximum Gasteiger partial charge on any atom is 0.193 e. The molecule has 0 N–H and O–H groups in total. The number of hydrogen-bond donors (Lipinski definition) is 0. The van der Waals surface area contributed by atoms with Crippen LogP contribution in [0.5, 0.6) is 0 Å². The molecule has 4 saturated carbocycles. The molecule has 2 heteroatoms. The third-order valence-electron chi connectivity index (χ3n) is 6.58. The van der Waals surface area contributed by atoms with Gasteiger partial charge in [0.05, 0.1) is 6.61 Å². The number of ether oxygens (including phenoxy) is 1. The summed E-state index contributed by atoms with van der Waals surface area (Å²) in [4.78, 5) is 11.2. The minimum absolute atomic E-state index is 0.0437. The van der Waals surface area contributed by atoms with Crippen LogP contribution in [0, 0.1) is 29.1 Å². The van der Waals surface area contributed by atoms with Crippen LogP contribution >= 0.6 is 0 Å². The van der Waals surface area contributed by atoms with Gasteiger partial charge in [0.1, 0.15) is 0 Å². The van der Waals surface area contributed by atoms with E-state index < -0.39 is 0 Å². The highest BCUT2D eigenvalue weighted by molar-refractivity contribution is 5.90. The lowest BCUT2D eigenvalue weighted by Crippen LogP contribution is -2.49. The SMILES string of the molecule is C=C(OCCC(CC)C12CC3CC(CC(C3)C1)C2)C(C)=O. The summed E-state index contributed by atoms with van der Waals surface area (Å²) < 4.78 is 5.55. The molecule has 21 heavy (non-hydrogen) atoms. The molecule has 0 aromatic heterocycles. The predicted molar refractivity (Wildman–Crippen MR) is 84.8 cm³/mol. The van der Waals surface area contributed by atoms with Gasteiger partial charge in [0.25, 0.3) is 0 Å². The molecule has 0 spiro atoms. The van der Waals surface area contributed by atoms with E-state index in [1.807, 2.05) is 0 Å². The predicted octanol–water partition coefficient (Wildman–Crippen LogP) is 4.74. The first kappa shape index (κ1) is 15.1. The number of carbonyl (C=O) groups excluding carboxylic acids is 1. The lowest BCUT2D eigenvalue weighted by Gasteiger charge is -2.59. The molecule has 4 bridgehead atoms. The molecule has 4 aliphatic carbocycles. The van der Waals surface area contributed by atoms with Crippen LogP contribution in [0.25, 0.3) is 0 Å². The van der Waals surface area contributed by atoms with Gasteiger partial charge >= 0.3 is 0 Å². The number of Topliss-reactive ketones (excluding diaryl/α,β-unsaturated/α-hetero) is 1. The number of rotatable bonds is 7. The molecule has 118 valence electrons. The van der Waals surface area contributed by atoms with Crippen molar-refractivity contribution in [3.05, 3.63) is 12.3 Å². The van der Waals surface area contributed by atoms with Gasteiger partial charge in [-0.2, -0.15) is 0 Å². The number of ketones is 1. The summed E-state index contributed by atoms with van der Waals surface area (Å²) in [6.07, 6.45) is 11.3. The van der Waals surface area contributed by atoms with Crippen molar-refractivity contribution in [2.45, 2.75) is 65.2 Å². The fourth-order valence-electron chi connectivity index (χ4n) is 6.05. The summed E-state index contributed by atoms with van der Waals surface area (Å²) in [5.74, 6) is 4.09. The van der Waals surface area contributed by atoms with E-state index in [2.05, 4.69) is 13.5 Å². The fourth-order valence-corrected chi connectivity index (χ4v) is 6.05. The van der Waals surface area contributed by atoms with Gasteiger partial charge in [-0.3, -0.25) is 4.79 Å². The monoisotopic (exact) mass is 290 g/mol. The summed E-state index contributed by atoms with van der Waals surface area (Å²) in [7, 11) is 0. The molecule has 0 heterocycles. The molecule has 0 aromatic rings. The molecule has 0 amide bonds. The second kappa shape index (κ2) is 5.78. The molecule has 0 aliphatic heterocycles. The Morgan fingerprint density at radius 1 is 1.19 bits per heavy atom. The molecule has 2 nitrogen and oxygen atoms in total. The number of carbonyl (C=O) groups is 1. The summed E-state index contributed by atoms with van der Waals surface area (Å²) in [5, 5.41) is 0. The quantitative estimate of drug-likeness (QED) is 0.500. The van der Waals surface area contributed by atoms with Crippen LogP contribution in [0.15, 0.2) is 12.3 Å². The van der Waals surface area contributed by atoms with Crippen molar-refractivity contribution < 1.29 is 9.53 Å². The molecular weight excluding hydrogens is 260 g/mol. The highest BCUT2D eigenvalue weighted by Gasteiger charge is 2.53. The minimum Gasteiger partial charge on any atom is -0.490 e. The average molecular weight is 290 g/mol. The molecule has 4 aliphatic rings. The molecular formula is C19H30O2. The highest BCUT2D eigenvalue weighted by Crippen LogP contribution is 2.63. The topological polar surface area (TPSA) is 26.3 Å². The standard InChI is InChI=1S/C19H30O2/c1-4-18(5-6-21-14(3)13(2)20)19-10-15-7-16(11-19)9-17(8-15)12-19/h15-18H,3-12H2,1-2H3. The normalized spacial score (nSPS) is 38.3. The lowest BCUT2D eigenvalue weighted by molar-refractivity contribution is -0.117. The van der Waals surface area contributed by atoms with Gasteiger partial charge in [-0.25, -0.2) is 0 Å². The van der Waals surface area contributed by atoms with Crippen LogP contribution in [0.4, 0.5) is 0 Å². The van der Waals surface area contributed by atoms with Crippen molar-refractivity contribution >= 4 is 5.78 Å². The zero-order chi connectivity index (χ0) is 15.0. The van der Waals surface area contributed by atoms with Crippen LogP contribution in [0.2, 0.25) is 0 Å². The first-order valence-corrected chi connectivity index (χ1v) is 8.85. The Hall–Kier alpha value is -0.790. The third-order valence-corrected chi connectivity index (χ3v) is 6.58. The van der Waals surface area contributed by atoms with Gasteiger partial charge in [-0.05, 0) is 74.0 Å². The van der Waals surface area contributed by atoms with Gasteiger partial charge in [0.2, 0.25) is 0 Å². The average Bonchev–Trinajstić information content (AvgIpc) is 2.41. The van der Waals surface area contributed by atoms with E-state index in [0.29, 0.717) is 17.8 Å². The van der Waals surface area contributed by atoms with E-state index in [-0.39, 0.29) is 5.78 Å². The Morgan fingerprint density at radius 2 is 1.71 bits per heavy atom. The van der Waals surface area contributed by atoms with E-state index in [1.54, 1.807) is 0 Å². The van der Waals surface area contributed by atoms with Crippen LogP contribution in [0.3, 0.4) is 0 Å². The van der Waals surface area contributed by atoms with Gasteiger partial charge in [0, 0.05) is 6.92 Å². The number of allylic oxidation sites excluding steroid dienone is 1. The lowest BCUT2D eigenvalue weighted by atomic mass is 9.46. The van der Waals surface area contributed by atoms with Crippen LogP contribution in [0.1, 0.15) is 65.2 Å². The summed E-state index contributed by atoms with van der Waals surface area (Å²) in [6, 6.07) is 0. The largest absolute Gasteiger partial charge is 0.490 e. The Kier molecular flexibility index (Phi) is 4.16. The molecule has 1 unspecified atom stereocenters. The van der Waals surface area contributed by atoms with Crippen LogP contribution in [-0.4, -0.2) is 12.4 Å². The summed E-state index contributed by atoms with van der Waals surface area (Å²) >= 11 is 0. The maximum absolute atomic E-state index is 11.2. The zero-order valence-corrected chi connectivity index (χ0v) is 13.7. The molecule has 0 aromatic carbocycles. The Morgan fingerprint density at radius 3 is 2.14 bits per heavy atom. The first-order valence-electron chi connectivity index (χ1n) is 8.85. The van der Waals surface area contributed by atoms with Crippen molar-refractivity contribution in [2.75, 3.05) is 6.61 Å². The van der Waals surface area contributed by atoms with E-state index in [4.69, 9.17) is 4.74 Å². The third kappa shape index (κ3) is 2.91. The molecule has 4 fully saturated rings. The maximum atomic E-state index is 11.2. The smallest absolute Gasteiger partial charge is 0.193 e. The summed E-state index contributed by atoms with van der Waals surface area (Å²) in [6.45, 7) is 8.23. The van der Waals surface area contributed by atoms with Gasteiger partial charge in [-0.15, -0.1) is 0 Å². The van der Waals surface area contributed by atoms with Crippen LogP contribution < -0.4 is 0 Å². The van der Waals surface area contributed by atoms with E-state index in [0.717, 1.165) is 30.1 Å². The van der Waals surface area contributed by atoms with Crippen molar-refractivity contribution in [1.82, 2.24) is 0 Å². The fraction of sp³-hybridized carbons (Fsp3) is 0.842. The minimum atomic E-state index is -0.0437. The van der Waals surface area contributed by atoms with E-state index in [9.17, 15) is 4.79 Å². The second-order valence-corrected chi connectivity index (χ2v) is 8.00. The van der Waals surface area contributed by atoms with Gasteiger partial charge in [0.15, 0.2) is 11.5 Å². The first-order chi connectivity index (χ1) is 10.0.